The summed E-state index contributed by atoms with van der Waals surface area (Å²) in [5.74, 6) is 0.448. The first-order valence-electron chi connectivity index (χ1n) is 8.90. The summed E-state index contributed by atoms with van der Waals surface area (Å²) in [6, 6.07) is 10.1. The van der Waals surface area contributed by atoms with Crippen molar-refractivity contribution in [2.45, 2.75) is 33.1 Å². The smallest absolute Gasteiger partial charge is 0.257 e. The van der Waals surface area contributed by atoms with Crippen LogP contribution in [-0.4, -0.2) is 22.6 Å². The molecule has 1 atom stereocenters. The van der Waals surface area contributed by atoms with Gasteiger partial charge in [0.2, 0.25) is 5.91 Å². The molecule has 5 nitrogen and oxygen atoms in total. The second kappa shape index (κ2) is 6.61. The summed E-state index contributed by atoms with van der Waals surface area (Å²) in [5.41, 5.74) is 4.97. The average molecular weight is 365 g/mol. The van der Waals surface area contributed by atoms with E-state index < -0.39 is 0 Å². The molecule has 2 heterocycles. The molecule has 2 aromatic carbocycles. The summed E-state index contributed by atoms with van der Waals surface area (Å²) in [6.45, 7) is 6.62. The Morgan fingerprint density at radius 2 is 1.78 bits per heavy atom. The van der Waals surface area contributed by atoms with Gasteiger partial charge in [0.15, 0.2) is 5.82 Å². The zero-order valence-electron chi connectivity index (χ0n) is 15.5. The number of benzene rings is 2. The largest absolute Gasteiger partial charge is 0.334 e. The van der Waals surface area contributed by atoms with E-state index in [2.05, 4.69) is 29.2 Å². The van der Waals surface area contributed by atoms with E-state index in [1.807, 2.05) is 18.7 Å². The van der Waals surface area contributed by atoms with E-state index >= 15 is 0 Å². The predicted octanol–water partition coefficient (Wildman–Crippen LogP) is 4.32. The number of aryl methyl sites for hydroxylation is 3. The quantitative estimate of drug-likeness (QED) is 0.693. The maximum atomic E-state index is 13.1. The molecule has 0 radical (unpaired) electrons. The molecule has 1 amide bonds. The highest BCUT2D eigenvalue weighted by Crippen LogP contribution is 2.35. The summed E-state index contributed by atoms with van der Waals surface area (Å²) in [5, 5.41) is 4.06. The number of amides is 1. The van der Waals surface area contributed by atoms with Crippen LogP contribution in [0.25, 0.3) is 11.5 Å². The summed E-state index contributed by atoms with van der Waals surface area (Å²) in [4.78, 5) is 18.9. The van der Waals surface area contributed by atoms with Crippen molar-refractivity contribution in [2.24, 2.45) is 0 Å². The number of nitrogens with zero attached hydrogens (tertiary/aromatic N) is 3. The van der Waals surface area contributed by atoms with Crippen LogP contribution in [0.1, 0.15) is 34.9 Å². The van der Waals surface area contributed by atoms with Gasteiger partial charge in [0.25, 0.3) is 5.89 Å². The van der Waals surface area contributed by atoms with Gasteiger partial charge in [-0.3, -0.25) is 4.79 Å². The number of rotatable bonds is 3. The Hall–Kier alpha value is -3.02. The lowest BCUT2D eigenvalue weighted by Gasteiger charge is -2.22. The highest BCUT2D eigenvalue weighted by atomic mass is 19.1. The van der Waals surface area contributed by atoms with Gasteiger partial charge in [0, 0.05) is 30.1 Å². The third kappa shape index (κ3) is 3.23. The zero-order chi connectivity index (χ0) is 19.1. The lowest BCUT2D eigenvalue weighted by molar-refractivity contribution is -0.117. The van der Waals surface area contributed by atoms with Crippen molar-refractivity contribution in [2.75, 3.05) is 11.4 Å². The number of aromatic nitrogens is 2. The van der Waals surface area contributed by atoms with Crippen LogP contribution in [0.4, 0.5) is 10.1 Å². The van der Waals surface area contributed by atoms with Crippen LogP contribution in [-0.2, 0) is 4.79 Å². The molecule has 0 saturated carbocycles. The Kier molecular flexibility index (Phi) is 4.26. The average Bonchev–Trinajstić information content (AvgIpc) is 3.22. The van der Waals surface area contributed by atoms with Crippen LogP contribution in [0.15, 0.2) is 40.9 Å². The molecule has 0 aliphatic carbocycles. The fraction of sp³-hybridized carbons (Fsp3) is 0.286. The van der Waals surface area contributed by atoms with E-state index in [1.54, 1.807) is 12.1 Å². The van der Waals surface area contributed by atoms with Gasteiger partial charge in [-0.15, -0.1) is 0 Å². The molecule has 1 aliphatic heterocycles. The van der Waals surface area contributed by atoms with Crippen LogP contribution in [0, 0.1) is 26.6 Å². The van der Waals surface area contributed by atoms with Crippen molar-refractivity contribution in [1.82, 2.24) is 10.1 Å². The van der Waals surface area contributed by atoms with E-state index in [9.17, 15) is 9.18 Å². The van der Waals surface area contributed by atoms with Gasteiger partial charge in [-0.05, 0) is 56.2 Å². The van der Waals surface area contributed by atoms with Gasteiger partial charge in [-0.2, -0.15) is 4.98 Å². The van der Waals surface area contributed by atoms with Crippen molar-refractivity contribution < 1.29 is 13.7 Å². The fourth-order valence-corrected chi connectivity index (χ4v) is 3.81. The standard InChI is InChI=1S/C21H20FN3O2/c1-12-8-13(2)19(14(3)9-12)25-11-16(10-18(25)26)20-23-21(27-24-20)15-4-6-17(22)7-5-15/h4-9,16H,10-11H2,1-3H3. The second-order valence-corrected chi connectivity index (χ2v) is 7.12. The maximum absolute atomic E-state index is 13.1. The highest BCUT2D eigenvalue weighted by molar-refractivity contribution is 5.97. The van der Waals surface area contributed by atoms with Gasteiger partial charge in [0.1, 0.15) is 5.82 Å². The van der Waals surface area contributed by atoms with Gasteiger partial charge >= 0.3 is 0 Å². The minimum Gasteiger partial charge on any atom is -0.334 e. The Morgan fingerprint density at radius 1 is 1.11 bits per heavy atom. The van der Waals surface area contributed by atoms with E-state index in [1.165, 1.54) is 17.7 Å². The number of hydrogen-bond donors (Lipinski definition) is 0. The van der Waals surface area contributed by atoms with Crippen LogP contribution in [0.5, 0.6) is 0 Å². The van der Waals surface area contributed by atoms with Crippen LogP contribution in [0.3, 0.4) is 0 Å². The molecular weight excluding hydrogens is 345 g/mol. The number of hydrogen-bond acceptors (Lipinski definition) is 4. The molecule has 0 spiro atoms. The molecule has 4 rings (SSSR count). The number of anilines is 1. The SMILES string of the molecule is Cc1cc(C)c(N2CC(c3noc(-c4ccc(F)cc4)n3)CC2=O)c(C)c1. The second-order valence-electron chi connectivity index (χ2n) is 7.12. The normalized spacial score (nSPS) is 17.0. The Labute approximate surface area is 156 Å². The Balaban J connectivity index is 1.59. The van der Waals surface area contributed by atoms with Crippen LogP contribution in [0.2, 0.25) is 0 Å². The minimum atomic E-state index is -0.320. The summed E-state index contributed by atoms with van der Waals surface area (Å²) in [7, 11) is 0. The van der Waals surface area contributed by atoms with E-state index in [-0.39, 0.29) is 17.6 Å². The van der Waals surface area contributed by atoms with Crippen LogP contribution < -0.4 is 4.90 Å². The fourth-order valence-electron chi connectivity index (χ4n) is 3.81. The van der Waals surface area contributed by atoms with E-state index in [4.69, 9.17) is 4.52 Å². The van der Waals surface area contributed by atoms with Gasteiger partial charge < -0.3 is 9.42 Å². The van der Waals surface area contributed by atoms with Gasteiger partial charge in [-0.25, -0.2) is 4.39 Å². The lowest BCUT2D eigenvalue weighted by atomic mass is 10.0. The molecule has 0 N–H and O–H groups in total. The number of carbonyl (C=O) groups excluding carboxylic acids is 1. The maximum Gasteiger partial charge on any atom is 0.257 e. The molecule has 1 saturated heterocycles. The van der Waals surface area contributed by atoms with Crippen molar-refractivity contribution >= 4 is 11.6 Å². The molecule has 27 heavy (non-hydrogen) atoms. The topological polar surface area (TPSA) is 59.2 Å². The van der Waals surface area contributed by atoms with Crippen molar-refractivity contribution in [1.29, 1.82) is 0 Å². The first kappa shape index (κ1) is 17.4. The molecular formula is C21H20FN3O2. The van der Waals surface area contributed by atoms with Crippen molar-refractivity contribution in [3.63, 3.8) is 0 Å². The minimum absolute atomic E-state index is 0.0585. The number of halogens is 1. The monoisotopic (exact) mass is 365 g/mol. The molecule has 1 aliphatic rings. The molecule has 1 unspecified atom stereocenters. The molecule has 0 bridgehead atoms. The Morgan fingerprint density at radius 3 is 2.44 bits per heavy atom. The lowest BCUT2D eigenvalue weighted by Crippen LogP contribution is -2.26. The predicted molar refractivity (Wildman–Crippen MR) is 100 cm³/mol. The molecule has 1 fully saturated rings. The molecule has 3 aromatic rings. The van der Waals surface area contributed by atoms with Crippen molar-refractivity contribution in [3.8, 4) is 11.5 Å². The Bertz CT molecular complexity index is 988. The first-order valence-corrected chi connectivity index (χ1v) is 8.90. The molecule has 6 heteroatoms. The van der Waals surface area contributed by atoms with E-state index in [0.717, 1.165) is 16.8 Å². The number of carbonyl (C=O) groups is 1. The molecule has 1 aromatic heterocycles. The van der Waals surface area contributed by atoms with E-state index in [0.29, 0.717) is 30.2 Å². The van der Waals surface area contributed by atoms with Gasteiger partial charge in [-0.1, -0.05) is 22.9 Å². The first-order chi connectivity index (χ1) is 12.9. The molecule has 138 valence electrons. The summed E-state index contributed by atoms with van der Waals surface area (Å²) < 4.78 is 18.4. The summed E-state index contributed by atoms with van der Waals surface area (Å²) in [6.07, 6.45) is 0.342. The third-order valence-electron chi connectivity index (χ3n) is 4.93. The zero-order valence-corrected chi connectivity index (χ0v) is 15.5. The highest BCUT2D eigenvalue weighted by Gasteiger charge is 2.35. The van der Waals surface area contributed by atoms with Crippen LogP contribution >= 0.6 is 0 Å². The van der Waals surface area contributed by atoms with Crippen molar-refractivity contribution in [3.05, 3.63) is 64.7 Å². The van der Waals surface area contributed by atoms with Gasteiger partial charge in [0.05, 0.1) is 0 Å². The summed E-state index contributed by atoms with van der Waals surface area (Å²) >= 11 is 0. The third-order valence-corrected chi connectivity index (χ3v) is 4.93.